The highest BCUT2D eigenvalue weighted by atomic mass is 35.5. The summed E-state index contributed by atoms with van der Waals surface area (Å²) < 4.78 is 13.0. The molecule has 0 atom stereocenters. The quantitative estimate of drug-likeness (QED) is 0.527. The van der Waals surface area contributed by atoms with Crippen LogP contribution in [0.1, 0.15) is 5.56 Å². The Bertz CT molecular complexity index is 649. The average Bonchev–Trinajstić information content (AvgIpc) is 2.32. The Morgan fingerprint density at radius 1 is 1.37 bits per heavy atom. The van der Waals surface area contributed by atoms with Crippen LogP contribution in [0.4, 0.5) is 21.6 Å². The summed E-state index contributed by atoms with van der Waals surface area (Å²) in [5.74, 6) is -0.123. The molecule has 0 fully saturated rings. The molecule has 0 amide bonds. The molecule has 0 saturated carbocycles. The van der Waals surface area contributed by atoms with Crippen LogP contribution >= 0.6 is 11.6 Å². The van der Waals surface area contributed by atoms with Gasteiger partial charge in [-0.25, -0.2) is 9.37 Å². The van der Waals surface area contributed by atoms with Gasteiger partial charge in [0.15, 0.2) is 0 Å². The molecule has 0 aliphatic heterocycles. The summed E-state index contributed by atoms with van der Waals surface area (Å²) in [4.78, 5) is 14.1. The van der Waals surface area contributed by atoms with E-state index in [9.17, 15) is 14.5 Å². The zero-order chi connectivity index (χ0) is 14.0. The second-order valence-corrected chi connectivity index (χ2v) is 4.26. The first-order chi connectivity index (χ1) is 8.95. The fourth-order valence-electron chi connectivity index (χ4n) is 1.56. The molecule has 0 radical (unpaired) electrons. The Morgan fingerprint density at radius 3 is 2.74 bits per heavy atom. The Morgan fingerprint density at radius 2 is 2.11 bits per heavy atom. The Kier molecular flexibility index (Phi) is 3.62. The van der Waals surface area contributed by atoms with E-state index in [1.165, 1.54) is 24.3 Å². The fraction of sp³-hybridized carbons (Fsp3) is 0.0833. The van der Waals surface area contributed by atoms with Gasteiger partial charge in [0.1, 0.15) is 16.8 Å². The number of nitrogens with one attached hydrogen (secondary N) is 1. The molecule has 0 spiro atoms. The summed E-state index contributed by atoms with van der Waals surface area (Å²) >= 11 is 5.71. The number of hydrogen-bond donors (Lipinski definition) is 1. The lowest BCUT2D eigenvalue weighted by molar-refractivity contribution is -0.384. The van der Waals surface area contributed by atoms with Crippen molar-refractivity contribution in [2.24, 2.45) is 0 Å². The van der Waals surface area contributed by atoms with Crippen molar-refractivity contribution >= 4 is 28.8 Å². The van der Waals surface area contributed by atoms with Gasteiger partial charge >= 0.3 is 0 Å². The van der Waals surface area contributed by atoms with E-state index >= 15 is 0 Å². The molecule has 19 heavy (non-hydrogen) atoms. The van der Waals surface area contributed by atoms with Gasteiger partial charge in [-0.2, -0.15) is 0 Å². The van der Waals surface area contributed by atoms with Crippen molar-refractivity contribution in [3.05, 3.63) is 57.0 Å². The number of nitrogens with zero attached hydrogens (tertiary/aromatic N) is 2. The van der Waals surface area contributed by atoms with Crippen LogP contribution < -0.4 is 5.32 Å². The molecule has 1 aromatic carbocycles. The highest BCUT2D eigenvalue weighted by Gasteiger charge is 2.11. The monoisotopic (exact) mass is 281 g/mol. The molecule has 0 aliphatic carbocycles. The van der Waals surface area contributed by atoms with E-state index in [0.717, 1.165) is 6.07 Å². The van der Waals surface area contributed by atoms with E-state index in [4.69, 9.17) is 11.6 Å². The summed E-state index contributed by atoms with van der Waals surface area (Å²) in [6, 6.07) is 6.58. The van der Waals surface area contributed by atoms with E-state index in [-0.39, 0.29) is 22.5 Å². The van der Waals surface area contributed by atoms with Gasteiger partial charge in [0.05, 0.1) is 17.1 Å². The van der Waals surface area contributed by atoms with Gasteiger partial charge in [0.2, 0.25) is 0 Å². The molecule has 7 heteroatoms. The molecule has 98 valence electrons. The van der Waals surface area contributed by atoms with Crippen LogP contribution in [0.25, 0.3) is 0 Å². The van der Waals surface area contributed by atoms with Gasteiger partial charge in [-0.15, -0.1) is 0 Å². The normalized spacial score (nSPS) is 10.3. The minimum absolute atomic E-state index is 0.0106. The maximum atomic E-state index is 13.0. The van der Waals surface area contributed by atoms with Gasteiger partial charge in [-0.3, -0.25) is 10.1 Å². The minimum atomic E-state index is -0.559. The van der Waals surface area contributed by atoms with Crippen molar-refractivity contribution in [2.75, 3.05) is 5.32 Å². The van der Waals surface area contributed by atoms with E-state index in [0.29, 0.717) is 11.3 Å². The van der Waals surface area contributed by atoms with Crippen LogP contribution in [0.15, 0.2) is 30.3 Å². The first-order valence-corrected chi connectivity index (χ1v) is 5.68. The van der Waals surface area contributed by atoms with Crippen molar-refractivity contribution in [1.29, 1.82) is 0 Å². The molecule has 1 aromatic heterocycles. The third-order valence-electron chi connectivity index (χ3n) is 2.44. The molecular weight excluding hydrogens is 273 g/mol. The van der Waals surface area contributed by atoms with Crippen LogP contribution in [-0.2, 0) is 0 Å². The largest absolute Gasteiger partial charge is 0.340 e. The standard InChI is InChI=1S/C12H9ClFN3O2/c1-7-4-8(14)2-3-10(7)15-12-6-9(17(18)19)5-11(13)16-12/h2-6H,1H3,(H,15,16). The number of aromatic nitrogens is 1. The lowest BCUT2D eigenvalue weighted by Gasteiger charge is -2.08. The SMILES string of the molecule is Cc1cc(F)ccc1Nc1cc([N+](=O)[O-])cc(Cl)n1. The van der Waals surface area contributed by atoms with Crippen molar-refractivity contribution in [2.45, 2.75) is 6.92 Å². The van der Waals surface area contributed by atoms with Gasteiger partial charge in [-0.05, 0) is 30.7 Å². The van der Waals surface area contributed by atoms with Gasteiger partial charge in [0.25, 0.3) is 5.69 Å². The maximum absolute atomic E-state index is 13.0. The van der Waals surface area contributed by atoms with E-state index in [2.05, 4.69) is 10.3 Å². The predicted molar refractivity (Wildman–Crippen MR) is 70.3 cm³/mol. The molecule has 2 rings (SSSR count). The first kappa shape index (κ1) is 13.2. The van der Waals surface area contributed by atoms with Gasteiger partial charge < -0.3 is 5.32 Å². The first-order valence-electron chi connectivity index (χ1n) is 5.31. The molecule has 1 N–H and O–H groups in total. The molecule has 0 bridgehead atoms. The molecule has 5 nitrogen and oxygen atoms in total. The second-order valence-electron chi connectivity index (χ2n) is 3.87. The van der Waals surface area contributed by atoms with Gasteiger partial charge in [-0.1, -0.05) is 11.6 Å². The predicted octanol–water partition coefficient (Wildman–Crippen LogP) is 3.83. The van der Waals surface area contributed by atoms with Crippen LogP contribution in [-0.4, -0.2) is 9.91 Å². The molecule has 0 saturated heterocycles. The fourth-order valence-corrected chi connectivity index (χ4v) is 1.76. The summed E-state index contributed by atoms with van der Waals surface area (Å²) in [6.07, 6.45) is 0. The van der Waals surface area contributed by atoms with Crippen LogP contribution in [0, 0.1) is 22.9 Å². The lowest BCUT2D eigenvalue weighted by Crippen LogP contribution is -1.98. The number of nitro groups is 1. The molecule has 0 aliphatic rings. The van der Waals surface area contributed by atoms with Crippen LogP contribution in [0.5, 0.6) is 0 Å². The third kappa shape index (κ3) is 3.17. The summed E-state index contributed by atoms with van der Waals surface area (Å²) in [6.45, 7) is 1.71. The number of benzene rings is 1. The van der Waals surface area contributed by atoms with Gasteiger partial charge in [0, 0.05) is 5.69 Å². The van der Waals surface area contributed by atoms with Crippen LogP contribution in [0.2, 0.25) is 5.15 Å². The van der Waals surface area contributed by atoms with Crippen molar-refractivity contribution in [1.82, 2.24) is 4.98 Å². The highest BCUT2D eigenvalue weighted by Crippen LogP contribution is 2.25. The number of pyridine rings is 1. The second kappa shape index (κ2) is 5.19. The van der Waals surface area contributed by atoms with E-state index in [1.54, 1.807) is 6.92 Å². The number of anilines is 2. The van der Waals surface area contributed by atoms with Crippen molar-refractivity contribution < 1.29 is 9.31 Å². The summed E-state index contributed by atoms with van der Waals surface area (Å²) in [7, 11) is 0. The average molecular weight is 282 g/mol. The number of halogens is 2. The van der Waals surface area contributed by atoms with E-state index < -0.39 is 4.92 Å². The lowest BCUT2D eigenvalue weighted by atomic mass is 10.2. The number of rotatable bonds is 3. The molecule has 0 unspecified atom stereocenters. The number of hydrogen-bond acceptors (Lipinski definition) is 4. The van der Waals surface area contributed by atoms with E-state index in [1.807, 2.05) is 0 Å². The smallest absolute Gasteiger partial charge is 0.276 e. The van der Waals surface area contributed by atoms with Crippen LogP contribution in [0.3, 0.4) is 0 Å². The Balaban J connectivity index is 2.35. The van der Waals surface area contributed by atoms with Crippen molar-refractivity contribution in [3.8, 4) is 0 Å². The maximum Gasteiger partial charge on any atom is 0.276 e. The summed E-state index contributed by atoms with van der Waals surface area (Å²) in [5, 5.41) is 13.6. The molecule has 1 heterocycles. The molecule has 2 aromatic rings. The highest BCUT2D eigenvalue weighted by molar-refractivity contribution is 6.29. The molecular formula is C12H9ClFN3O2. The topological polar surface area (TPSA) is 68.1 Å². The third-order valence-corrected chi connectivity index (χ3v) is 2.63. The zero-order valence-electron chi connectivity index (χ0n) is 9.85. The zero-order valence-corrected chi connectivity index (χ0v) is 10.6. The van der Waals surface area contributed by atoms with Crippen molar-refractivity contribution in [3.63, 3.8) is 0 Å². The summed E-state index contributed by atoms with van der Waals surface area (Å²) in [5.41, 5.74) is 1.09. The Hall–Kier alpha value is -2.21. The minimum Gasteiger partial charge on any atom is -0.340 e. The number of aryl methyl sites for hydroxylation is 1. The Labute approximate surface area is 113 Å².